The van der Waals surface area contributed by atoms with E-state index in [0.717, 1.165) is 57.5 Å². The molecule has 1 aliphatic heterocycles. The van der Waals surface area contributed by atoms with Gasteiger partial charge in [0.15, 0.2) is 6.29 Å². The number of esters is 1. The molecule has 186 valence electrons. The van der Waals surface area contributed by atoms with E-state index in [-0.39, 0.29) is 12.3 Å². The van der Waals surface area contributed by atoms with Gasteiger partial charge in [-0.05, 0) is 74.1 Å². The van der Waals surface area contributed by atoms with Crippen molar-refractivity contribution in [3.63, 3.8) is 0 Å². The van der Waals surface area contributed by atoms with Gasteiger partial charge < -0.3 is 18.9 Å². The first-order valence-corrected chi connectivity index (χ1v) is 13.0. The zero-order chi connectivity index (χ0) is 23.8. The largest absolute Gasteiger partial charge is 0.494 e. The van der Waals surface area contributed by atoms with Gasteiger partial charge in [0.1, 0.15) is 11.5 Å². The molecule has 0 aliphatic carbocycles. The lowest BCUT2D eigenvalue weighted by atomic mass is 10.1. The predicted molar refractivity (Wildman–Crippen MR) is 135 cm³/mol. The van der Waals surface area contributed by atoms with Crippen LogP contribution in [-0.2, 0) is 15.9 Å². The molecule has 1 saturated heterocycles. The number of hydrogen-bond donors (Lipinski definition) is 0. The van der Waals surface area contributed by atoms with Gasteiger partial charge in [0, 0.05) is 19.6 Å². The van der Waals surface area contributed by atoms with Crippen molar-refractivity contribution in [2.75, 3.05) is 19.8 Å². The fourth-order valence-corrected chi connectivity index (χ4v) is 3.98. The minimum absolute atomic E-state index is 0.0355. The molecular formula is C29H40O5. The number of carbonyl (C=O) groups is 1. The van der Waals surface area contributed by atoms with Crippen LogP contribution >= 0.6 is 0 Å². The Balaban J connectivity index is 1.26. The molecule has 0 amide bonds. The molecule has 0 N–H and O–H groups in total. The zero-order valence-corrected chi connectivity index (χ0v) is 20.6. The van der Waals surface area contributed by atoms with Gasteiger partial charge >= 0.3 is 5.97 Å². The Kier molecular flexibility index (Phi) is 12.0. The maximum atomic E-state index is 12.4. The van der Waals surface area contributed by atoms with E-state index in [1.54, 1.807) is 12.1 Å². The Hall–Kier alpha value is -2.37. The van der Waals surface area contributed by atoms with Crippen LogP contribution in [0, 0.1) is 0 Å². The van der Waals surface area contributed by atoms with Crippen LogP contribution in [0.1, 0.15) is 87.1 Å². The quantitative estimate of drug-likeness (QED) is 0.149. The van der Waals surface area contributed by atoms with Crippen molar-refractivity contribution in [3.05, 3.63) is 59.7 Å². The van der Waals surface area contributed by atoms with Gasteiger partial charge in [-0.15, -0.1) is 0 Å². The molecule has 2 aromatic carbocycles. The first-order valence-electron chi connectivity index (χ1n) is 13.0. The second-order valence-corrected chi connectivity index (χ2v) is 8.94. The van der Waals surface area contributed by atoms with Gasteiger partial charge in [-0.2, -0.15) is 0 Å². The van der Waals surface area contributed by atoms with Crippen molar-refractivity contribution in [2.45, 2.75) is 83.8 Å². The Morgan fingerprint density at radius 2 is 1.56 bits per heavy atom. The van der Waals surface area contributed by atoms with Crippen LogP contribution in [-0.4, -0.2) is 32.1 Å². The number of aryl methyl sites for hydroxylation is 1. The second kappa shape index (κ2) is 15.5. The lowest BCUT2D eigenvalue weighted by Crippen LogP contribution is -2.11. The number of hydrogen-bond acceptors (Lipinski definition) is 5. The smallest absolute Gasteiger partial charge is 0.343 e. The molecule has 1 unspecified atom stereocenters. The number of unbranched alkanes of at least 4 members (excludes halogenated alkanes) is 6. The van der Waals surface area contributed by atoms with Crippen LogP contribution < -0.4 is 9.47 Å². The summed E-state index contributed by atoms with van der Waals surface area (Å²) in [5, 5.41) is 0. The number of rotatable bonds is 16. The molecule has 1 atom stereocenters. The van der Waals surface area contributed by atoms with Crippen molar-refractivity contribution in [1.29, 1.82) is 0 Å². The fraction of sp³-hybridized carbons (Fsp3) is 0.552. The maximum absolute atomic E-state index is 12.4. The van der Waals surface area contributed by atoms with E-state index < -0.39 is 0 Å². The van der Waals surface area contributed by atoms with E-state index in [0.29, 0.717) is 17.9 Å². The summed E-state index contributed by atoms with van der Waals surface area (Å²) < 4.78 is 22.5. The van der Waals surface area contributed by atoms with Gasteiger partial charge in [0.2, 0.25) is 0 Å². The number of carbonyl (C=O) groups excluding carboxylic acids is 1. The molecule has 0 bridgehead atoms. The molecule has 1 aliphatic rings. The van der Waals surface area contributed by atoms with E-state index in [9.17, 15) is 4.79 Å². The summed E-state index contributed by atoms with van der Waals surface area (Å²) >= 11 is 0. The van der Waals surface area contributed by atoms with Crippen LogP contribution in [0.15, 0.2) is 48.5 Å². The number of ether oxygens (including phenoxy) is 4. The molecule has 3 rings (SSSR count). The van der Waals surface area contributed by atoms with Gasteiger partial charge in [-0.3, -0.25) is 0 Å². The monoisotopic (exact) mass is 468 g/mol. The average Bonchev–Trinajstić information content (AvgIpc) is 3.38. The highest BCUT2D eigenvalue weighted by Crippen LogP contribution is 2.18. The molecule has 0 spiro atoms. The summed E-state index contributed by atoms with van der Waals surface area (Å²) in [7, 11) is 0. The van der Waals surface area contributed by atoms with Crippen molar-refractivity contribution in [2.24, 2.45) is 0 Å². The predicted octanol–water partition coefficient (Wildman–Crippen LogP) is 7.12. The summed E-state index contributed by atoms with van der Waals surface area (Å²) in [4.78, 5) is 12.4. The standard InChI is InChI=1S/C29H40O5/c1-2-3-7-11-24-13-17-27(18-14-24)34-29(30)25-15-19-26(20-16-25)31-21-8-5-4-6-9-22-32-28-12-10-23-33-28/h13-20,28H,2-12,21-23H2,1H3. The van der Waals surface area contributed by atoms with Crippen LogP contribution in [0.4, 0.5) is 0 Å². The Morgan fingerprint density at radius 3 is 2.26 bits per heavy atom. The summed E-state index contributed by atoms with van der Waals surface area (Å²) in [6, 6.07) is 15.0. The zero-order valence-electron chi connectivity index (χ0n) is 20.6. The summed E-state index contributed by atoms with van der Waals surface area (Å²) in [6.45, 7) is 4.52. The first kappa shape index (κ1) is 26.2. The third-order valence-corrected chi connectivity index (χ3v) is 6.04. The first-order chi connectivity index (χ1) is 16.7. The Morgan fingerprint density at radius 1 is 0.853 bits per heavy atom. The van der Waals surface area contributed by atoms with Crippen LogP contribution in [0.2, 0.25) is 0 Å². The van der Waals surface area contributed by atoms with Crippen molar-refractivity contribution in [3.8, 4) is 11.5 Å². The van der Waals surface area contributed by atoms with Crippen LogP contribution in [0.5, 0.6) is 11.5 Å². The van der Waals surface area contributed by atoms with E-state index >= 15 is 0 Å². The average molecular weight is 469 g/mol. The molecule has 0 radical (unpaired) electrons. The highest BCUT2D eigenvalue weighted by molar-refractivity contribution is 5.91. The van der Waals surface area contributed by atoms with E-state index in [1.807, 2.05) is 36.4 Å². The third kappa shape index (κ3) is 9.86. The highest BCUT2D eigenvalue weighted by Gasteiger charge is 2.14. The van der Waals surface area contributed by atoms with Crippen LogP contribution in [0.3, 0.4) is 0 Å². The lowest BCUT2D eigenvalue weighted by molar-refractivity contribution is -0.111. The van der Waals surface area contributed by atoms with Gasteiger partial charge in [0.05, 0.1) is 12.2 Å². The third-order valence-electron chi connectivity index (χ3n) is 6.04. The fourth-order valence-electron chi connectivity index (χ4n) is 3.98. The van der Waals surface area contributed by atoms with Gasteiger partial charge in [0.25, 0.3) is 0 Å². The summed E-state index contributed by atoms with van der Waals surface area (Å²) in [6.07, 6.45) is 12.5. The minimum Gasteiger partial charge on any atom is -0.494 e. The van der Waals surface area contributed by atoms with Crippen molar-refractivity contribution >= 4 is 5.97 Å². The van der Waals surface area contributed by atoms with Gasteiger partial charge in [-0.1, -0.05) is 51.2 Å². The van der Waals surface area contributed by atoms with E-state index in [2.05, 4.69) is 6.92 Å². The van der Waals surface area contributed by atoms with Crippen molar-refractivity contribution < 1.29 is 23.7 Å². The van der Waals surface area contributed by atoms with Gasteiger partial charge in [-0.25, -0.2) is 4.79 Å². The summed E-state index contributed by atoms with van der Waals surface area (Å²) in [5.74, 6) is 0.995. The topological polar surface area (TPSA) is 54.0 Å². The van der Waals surface area contributed by atoms with E-state index in [1.165, 1.54) is 37.7 Å². The lowest BCUT2D eigenvalue weighted by Gasteiger charge is -2.10. The molecule has 0 saturated carbocycles. The minimum atomic E-state index is -0.353. The molecule has 5 heteroatoms. The molecule has 1 fully saturated rings. The normalized spacial score (nSPS) is 15.4. The summed E-state index contributed by atoms with van der Waals surface area (Å²) in [5.41, 5.74) is 1.79. The molecule has 2 aromatic rings. The van der Waals surface area contributed by atoms with Crippen molar-refractivity contribution in [1.82, 2.24) is 0 Å². The highest BCUT2D eigenvalue weighted by atomic mass is 16.7. The van der Waals surface area contributed by atoms with Crippen LogP contribution in [0.25, 0.3) is 0 Å². The molecule has 5 nitrogen and oxygen atoms in total. The molecular weight excluding hydrogens is 428 g/mol. The Labute approximate surface area is 204 Å². The Bertz CT molecular complexity index is 809. The van der Waals surface area contributed by atoms with E-state index in [4.69, 9.17) is 18.9 Å². The maximum Gasteiger partial charge on any atom is 0.343 e. The molecule has 34 heavy (non-hydrogen) atoms. The second-order valence-electron chi connectivity index (χ2n) is 8.94. The SMILES string of the molecule is CCCCCc1ccc(OC(=O)c2ccc(OCCCCCCCOC3CCCO3)cc2)cc1. The molecule has 0 aromatic heterocycles. The number of benzene rings is 2. The molecule has 1 heterocycles.